The first-order valence-corrected chi connectivity index (χ1v) is 9.16. The maximum absolute atomic E-state index is 13.1. The van der Waals surface area contributed by atoms with Gasteiger partial charge in [-0.25, -0.2) is 0 Å². The molecule has 126 valence electrons. The average molecular weight is 323 g/mol. The second kappa shape index (κ2) is 6.80. The lowest BCUT2D eigenvalue weighted by atomic mass is 9.95. The van der Waals surface area contributed by atoms with Crippen molar-refractivity contribution in [3.63, 3.8) is 0 Å². The number of hydrogen-bond acceptors (Lipinski definition) is 2. The molecule has 0 radical (unpaired) electrons. The zero-order chi connectivity index (χ0) is 16.4. The van der Waals surface area contributed by atoms with E-state index in [1.165, 1.54) is 17.5 Å². The Morgan fingerprint density at radius 1 is 1.12 bits per heavy atom. The highest BCUT2D eigenvalue weighted by Gasteiger charge is 2.34. The minimum absolute atomic E-state index is 0.146. The number of rotatable bonds is 4. The van der Waals surface area contributed by atoms with Crippen molar-refractivity contribution >= 4 is 5.91 Å². The Bertz CT molecular complexity index is 670. The number of carbonyl (C=O) groups is 1. The van der Waals surface area contributed by atoms with E-state index in [2.05, 4.69) is 34.3 Å². The van der Waals surface area contributed by atoms with Crippen molar-refractivity contribution in [2.75, 3.05) is 6.54 Å². The molecule has 4 rings (SSSR count). The molecule has 4 nitrogen and oxygen atoms in total. The standard InChI is InChI=1S/C20H25N3O/c24-20(18-14-16-6-1-2-7-17(16)15-18)23-12-4-3-8-19(23)9-13-22-11-5-10-21-22/h1-2,5-7,10-11,18-19H,3-4,8-9,12-15H2/t19-/m0/s1. The smallest absolute Gasteiger partial charge is 0.226 e. The van der Waals surface area contributed by atoms with E-state index in [-0.39, 0.29) is 5.92 Å². The van der Waals surface area contributed by atoms with Crippen LogP contribution < -0.4 is 0 Å². The van der Waals surface area contributed by atoms with E-state index in [0.29, 0.717) is 11.9 Å². The molecule has 4 heteroatoms. The van der Waals surface area contributed by atoms with Gasteiger partial charge in [0, 0.05) is 37.4 Å². The Morgan fingerprint density at radius 2 is 1.92 bits per heavy atom. The second-order valence-electron chi connectivity index (χ2n) is 7.11. The van der Waals surface area contributed by atoms with Crippen molar-refractivity contribution in [3.8, 4) is 0 Å². The van der Waals surface area contributed by atoms with Crippen LogP contribution in [0.15, 0.2) is 42.7 Å². The van der Waals surface area contributed by atoms with Gasteiger partial charge >= 0.3 is 0 Å². The quantitative estimate of drug-likeness (QED) is 0.867. The van der Waals surface area contributed by atoms with E-state index in [1.807, 2.05) is 23.1 Å². The fourth-order valence-electron chi connectivity index (χ4n) is 4.27. The van der Waals surface area contributed by atoms with Crippen LogP contribution in [0.5, 0.6) is 0 Å². The Labute approximate surface area is 143 Å². The molecule has 1 amide bonds. The number of aryl methyl sites for hydroxylation is 1. The third-order valence-corrected chi connectivity index (χ3v) is 5.56. The Kier molecular flexibility index (Phi) is 4.37. The van der Waals surface area contributed by atoms with Crippen LogP contribution in [-0.2, 0) is 24.2 Å². The van der Waals surface area contributed by atoms with Crippen molar-refractivity contribution < 1.29 is 4.79 Å². The molecule has 1 aromatic heterocycles. The highest BCUT2D eigenvalue weighted by Crippen LogP contribution is 2.30. The summed E-state index contributed by atoms with van der Waals surface area (Å²) < 4.78 is 1.97. The number of amides is 1. The van der Waals surface area contributed by atoms with E-state index in [4.69, 9.17) is 0 Å². The molecule has 1 aliphatic carbocycles. The zero-order valence-electron chi connectivity index (χ0n) is 14.1. The number of hydrogen-bond donors (Lipinski definition) is 0. The molecule has 2 aromatic rings. The van der Waals surface area contributed by atoms with Crippen LogP contribution in [0.4, 0.5) is 0 Å². The molecule has 1 fully saturated rings. The lowest BCUT2D eigenvalue weighted by molar-refractivity contribution is -0.139. The van der Waals surface area contributed by atoms with E-state index in [0.717, 1.165) is 45.2 Å². The number of fused-ring (bicyclic) bond motifs is 1. The van der Waals surface area contributed by atoms with Crippen LogP contribution in [0.25, 0.3) is 0 Å². The molecule has 0 bridgehead atoms. The monoisotopic (exact) mass is 323 g/mol. The normalized spacial score (nSPS) is 21.0. The van der Waals surface area contributed by atoms with Crippen LogP contribution in [0, 0.1) is 5.92 Å². The van der Waals surface area contributed by atoms with E-state index in [9.17, 15) is 4.79 Å². The van der Waals surface area contributed by atoms with Crippen molar-refractivity contribution in [2.45, 2.75) is 51.1 Å². The summed E-state index contributed by atoms with van der Waals surface area (Å²) in [5.74, 6) is 0.518. The van der Waals surface area contributed by atoms with Crippen LogP contribution in [-0.4, -0.2) is 33.2 Å². The minimum Gasteiger partial charge on any atom is -0.339 e. The fraction of sp³-hybridized carbons (Fsp3) is 0.500. The predicted molar refractivity (Wildman–Crippen MR) is 93.5 cm³/mol. The number of benzene rings is 1. The Morgan fingerprint density at radius 3 is 2.62 bits per heavy atom. The van der Waals surface area contributed by atoms with Crippen LogP contribution in [0.2, 0.25) is 0 Å². The average Bonchev–Trinajstić information content (AvgIpc) is 3.29. The van der Waals surface area contributed by atoms with Crippen molar-refractivity contribution in [1.82, 2.24) is 14.7 Å². The summed E-state index contributed by atoms with van der Waals surface area (Å²) in [6.45, 7) is 1.82. The molecule has 24 heavy (non-hydrogen) atoms. The Hall–Kier alpha value is -2.10. The van der Waals surface area contributed by atoms with Gasteiger partial charge in [-0.1, -0.05) is 24.3 Å². The van der Waals surface area contributed by atoms with Gasteiger partial charge in [-0.15, -0.1) is 0 Å². The highest BCUT2D eigenvalue weighted by atomic mass is 16.2. The van der Waals surface area contributed by atoms with Gasteiger partial charge in [0.25, 0.3) is 0 Å². The number of piperidine rings is 1. The number of carbonyl (C=O) groups excluding carboxylic acids is 1. The first-order chi connectivity index (χ1) is 11.8. The first kappa shape index (κ1) is 15.4. The van der Waals surface area contributed by atoms with Crippen LogP contribution in [0.1, 0.15) is 36.8 Å². The van der Waals surface area contributed by atoms with E-state index < -0.39 is 0 Å². The number of likely N-dealkylation sites (tertiary alicyclic amines) is 1. The van der Waals surface area contributed by atoms with Gasteiger partial charge in [0.2, 0.25) is 5.91 Å². The Balaban J connectivity index is 1.42. The molecule has 0 spiro atoms. The molecular formula is C20H25N3O. The molecule has 2 aliphatic rings. The molecule has 0 unspecified atom stereocenters. The summed E-state index contributed by atoms with van der Waals surface area (Å²) >= 11 is 0. The third kappa shape index (κ3) is 3.10. The molecule has 1 aliphatic heterocycles. The predicted octanol–water partition coefficient (Wildman–Crippen LogP) is 3.07. The van der Waals surface area contributed by atoms with Crippen LogP contribution in [0.3, 0.4) is 0 Å². The number of nitrogens with zero attached hydrogens (tertiary/aromatic N) is 3. The molecule has 2 heterocycles. The third-order valence-electron chi connectivity index (χ3n) is 5.56. The van der Waals surface area contributed by atoms with Gasteiger partial charge in [0.05, 0.1) is 0 Å². The van der Waals surface area contributed by atoms with Gasteiger partial charge < -0.3 is 4.90 Å². The minimum atomic E-state index is 0.146. The maximum Gasteiger partial charge on any atom is 0.226 e. The maximum atomic E-state index is 13.1. The highest BCUT2D eigenvalue weighted by molar-refractivity contribution is 5.81. The van der Waals surface area contributed by atoms with Gasteiger partial charge in [0.15, 0.2) is 0 Å². The number of aromatic nitrogens is 2. The van der Waals surface area contributed by atoms with Crippen LogP contribution >= 0.6 is 0 Å². The van der Waals surface area contributed by atoms with Gasteiger partial charge in [-0.3, -0.25) is 9.48 Å². The second-order valence-corrected chi connectivity index (χ2v) is 7.11. The summed E-state index contributed by atoms with van der Waals surface area (Å²) in [5, 5.41) is 4.29. The largest absolute Gasteiger partial charge is 0.339 e. The molecular weight excluding hydrogens is 298 g/mol. The summed E-state index contributed by atoms with van der Waals surface area (Å²) in [6.07, 6.45) is 10.2. The lowest BCUT2D eigenvalue weighted by Crippen LogP contribution is -2.47. The fourth-order valence-corrected chi connectivity index (χ4v) is 4.27. The lowest BCUT2D eigenvalue weighted by Gasteiger charge is -2.37. The van der Waals surface area contributed by atoms with Gasteiger partial charge in [-0.05, 0) is 55.7 Å². The molecule has 1 saturated heterocycles. The topological polar surface area (TPSA) is 38.1 Å². The first-order valence-electron chi connectivity index (χ1n) is 9.16. The summed E-state index contributed by atoms with van der Waals surface area (Å²) in [4.78, 5) is 15.3. The molecule has 1 atom stereocenters. The summed E-state index contributed by atoms with van der Waals surface area (Å²) in [6, 6.07) is 10.8. The van der Waals surface area contributed by atoms with Gasteiger partial charge in [0.1, 0.15) is 0 Å². The molecule has 1 aromatic carbocycles. The van der Waals surface area contributed by atoms with Crippen molar-refractivity contribution in [2.24, 2.45) is 5.92 Å². The zero-order valence-corrected chi connectivity index (χ0v) is 14.1. The SMILES string of the molecule is O=C(C1Cc2ccccc2C1)N1CCCC[C@H]1CCn1cccn1. The summed E-state index contributed by atoms with van der Waals surface area (Å²) in [5.41, 5.74) is 2.72. The van der Waals surface area contributed by atoms with E-state index >= 15 is 0 Å². The summed E-state index contributed by atoms with van der Waals surface area (Å²) in [7, 11) is 0. The van der Waals surface area contributed by atoms with E-state index in [1.54, 1.807) is 0 Å². The van der Waals surface area contributed by atoms with Crippen molar-refractivity contribution in [3.05, 3.63) is 53.9 Å². The molecule has 0 saturated carbocycles. The van der Waals surface area contributed by atoms with Crippen molar-refractivity contribution in [1.29, 1.82) is 0 Å². The van der Waals surface area contributed by atoms with Gasteiger partial charge in [-0.2, -0.15) is 5.10 Å². The molecule has 0 N–H and O–H groups in total.